The van der Waals surface area contributed by atoms with Crippen LogP contribution in [0.2, 0.25) is 0 Å². The van der Waals surface area contributed by atoms with Crippen LogP contribution in [0.5, 0.6) is 0 Å². The fourth-order valence-electron chi connectivity index (χ4n) is 2.38. The van der Waals surface area contributed by atoms with Gasteiger partial charge in [-0.25, -0.2) is 4.68 Å². The van der Waals surface area contributed by atoms with Gasteiger partial charge in [-0.1, -0.05) is 34.1 Å². The largest absolute Gasteiger partial charge is 0.358 e. The van der Waals surface area contributed by atoms with E-state index < -0.39 is 0 Å². The number of hydrogen-bond acceptors (Lipinski definition) is 3. The molecule has 0 aliphatic heterocycles. The van der Waals surface area contributed by atoms with E-state index in [1.807, 2.05) is 55.9 Å². The zero-order valence-corrected chi connectivity index (χ0v) is 14.1. The van der Waals surface area contributed by atoms with Gasteiger partial charge < -0.3 is 4.90 Å². The molecule has 5 heteroatoms. The lowest BCUT2D eigenvalue weighted by atomic mass is 10.2. The van der Waals surface area contributed by atoms with Crippen LogP contribution in [0.4, 0.5) is 5.82 Å². The molecule has 0 amide bonds. The molecule has 0 spiro atoms. The molecule has 1 unspecified atom stereocenters. The van der Waals surface area contributed by atoms with E-state index in [4.69, 9.17) is 5.26 Å². The van der Waals surface area contributed by atoms with Crippen molar-refractivity contribution < 1.29 is 0 Å². The van der Waals surface area contributed by atoms with Crippen molar-refractivity contribution in [3.63, 3.8) is 0 Å². The van der Waals surface area contributed by atoms with E-state index in [-0.39, 0.29) is 5.92 Å². The SMILES string of the molecule is Cc1nn(-c2ccccc2)c(N(C)CC(C)C#N)c1CBr. The standard InChI is InChI=1S/C16H19BrN4/c1-12(10-18)11-20(3)16-15(9-17)13(2)19-21(16)14-7-5-4-6-8-14/h4-8,12H,9,11H2,1-3H3. The maximum absolute atomic E-state index is 9.04. The predicted molar refractivity (Wildman–Crippen MR) is 89.0 cm³/mol. The number of nitrogens with zero attached hydrogens (tertiary/aromatic N) is 4. The number of nitriles is 1. The second-order valence-corrected chi connectivity index (χ2v) is 5.74. The van der Waals surface area contributed by atoms with E-state index in [2.05, 4.69) is 32.0 Å². The molecular formula is C16H19BrN4. The van der Waals surface area contributed by atoms with Crippen LogP contribution in [0.15, 0.2) is 30.3 Å². The number of benzene rings is 1. The zero-order chi connectivity index (χ0) is 15.4. The fraction of sp³-hybridized carbons (Fsp3) is 0.375. The van der Waals surface area contributed by atoms with Gasteiger partial charge in [0.15, 0.2) is 0 Å². The molecule has 0 saturated heterocycles. The third kappa shape index (κ3) is 3.27. The number of anilines is 1. The molecule has 0 N–H and O–H groups in total. The van der Waals surface area contributed by atoms with E-state index >= 15 is 0 Å². The molecule has 1 aromatic carbocycles. The third-order valence-electron chi connectivity index (χ3n) is 3.42. The van der Waals surface area contributed by atoms with Crippen molar-refractivity contribution in [1.29, 1.82) is 5.26 Å². The lowest BCUT2D eigenvalue weighted by Gasteiger charge is -2.23. The molecule has 4 nitrogen and oxygen atoms in total. The molecule has 0 saturated carbocycles. The average Bonchev–Trinajstić information content (AvgIpc) is 2.84. The minimum absolute atomic E-state index is 0.0300. The summed E-state index contributed by atoms with van der Waals surface area (Å²) in [5.74, 6) is 1.01. The lowest BCUT2D eigenvalue weighted by Crippen LogP contribution is -2.26. The molecule has 110 valence electrons. The fourth-order valence-corrected chi connectivity index (χ4v) is 3.04. The Kier molecular flexibility index (Phi) is 5.03. The Balaban J connectivity index is 2.50. The smallest absolute Gasteiger partial charge is 0.136 e. The molecule has 1 aromatic heterocycles. The molecule has 0 aliphatic carbocycles. The highest BCUT2D eigenvalue weighted by atomic mass is 79.9. The molecule has 2 aromatic rings. The Morgan fingerprint density at radius 2 is 2.05 bits per heavy atom. The van der Waals surface area contributed by atoms with Gasteiger partial charge in [-0.2, -0.15) is 10.4 Å². The van der Waals surface area contributed by atoms with Gasteiger partial charge in [0.2, 0.25) is 0 Å². The number of halogens is 1. The van der Waals surface area contributed by atoms with Crippen LogP contribution in [-0.4, -0.2) is 23.4 Å². The Bertz CT molecular complexity index is 642. The zero-order valence-electron chi connectivity index (χ0n) is 12.5. The van der Waals surface area contributed by atoms with E-state index in [9.17, 15) is 0 Å². The second-order valence-electron chi connectivity index (χ2n) is 5.18. The molecule has 0 bridgehead atoms. The van der Waals surface area contributed by atoms with Gasteiger partial charge in [0.25, 0.3) is 0 Å². The van der Waals surface area contributed by atoms with Gasteiger partial charge in [0.05, 0.1) is 23.4 Å². The maximum Gasteiger partial charge on any atom is 0.136 e. The minimum atomic E-state index is -0.0300. The summed E-state index contributed by atoms with van der Waals surface area (Å²) in [4.78, 5) is 2.11. The summed E-state index contributed by atoms with van der Waals surface area (Å²) >= 11 is 3.55. The van der Waals surface area contributed by atoms with Crippen molar-refractivity contribution in [2.24, 2.45) is 5.92 Å². The van der Waals surface area contributed by atoms with Crippen LogP contribution < -0.4 is 4.90 Å². The summed E-state index contributed by atoms with van der Waals surface area (Å²) in [6.07, 6.45) is 0. The van der Waals surface area contributed by atoms with Crippen molar-refractivity contribution in [3.8, 4) is 11.8 Å². The minimum Gasteiger partial charge on any atom is -0.358 e. The van der Waals surface area contributed by atoms with Crippen molar-refractivity contribution >= 4 is 21.7 Å². The van der Waals surface area contributed by atoms with Crippen molar-refractivity contribution in [1.82, 2.24) is 9.78 Å². The van der Waals surface area contributed by atoms with Gasteiger partial charge in [0.1, 0.15) is 5.82 Å². The highest BCUT2D eigenvalue weighted by molar-refractivity contribution is 9.08. The summed E-state index contributed by atoms with van der Waals surface area (Å²) in [6.45, 7) is 4.62. The van der Waals surface area contributed by atoms with Crippen LogP contribution in [0.1, 0.15) is 18.2 Å². The van der Waals surface area contributed by atoms with Crippen molar-refractivity contribution in [2.75, 3.05) is 18.5 Å². The molecule has 21 heavy (non-hydrogen) atoms. The van der Waals surface area contributed by atoms with Gasteiger partial charge in [-0.15, -0.1) is 0 Å². The summed E-state index contributed by atoms with van der Waals surface area (Å²) in [7, 11) is 2.01. The first-order chi connectivity index (χ1) is 10.1. The van der Waals surface area contributed by atoms with E-state index in [0.717, 1.165) is 28.1 Å². The molecule has 0 aliphatic rings. The summed E-state index contributed by atoms with van der Waals surface area (Å²) in [5.41, 5.74) is 3.19. The van der Waals surface area contributed by atoms with Crippen molar-refractivity contribution in [2.45, 2.75) is 19.2 Å². The van der Waals surface area contributed by atoms with Crippen LogP contribution >= 0.6 is 15.9 Å². The van der Waals surface area contributed by atoms with E-state index in [0.29, 0.717) is 6.54 Å². The average molecular weight is 347 g/mol. The lowest BCUT2D eigenvalue weighted by molar-refractivity contribution is 0.695. The van der Waals surface area contributed by atoms with Gasteiger partial charge in [-0.05, 0) is 26.0 Å². The Morgan fingerprint density at radius 3 is 2.62 bits per heavy atom. The predicted octanol–water partition coefficient (Wildman–Crippen LogP) is 3.67. The Labute approximate surface area is 134 Å². The van der Waals surface area contributed by atoms with Crippen LogP contribution in [0.25, 0.3) is 5.69 Å². The Hall–Kier alpha value is -1.80. The highest BCUT2D eigenvalue weighted by Crippen LogP contribution is 2.28. The Morgan fingerprint density at radius 1 is 1.38 bits per heavy atom. The van der Waals surface area contributed by atoms with Gasteiger partial charge >= 0.3 is 0 Å². The second kappa shape index (κ2) is 6.77. The first-order valence-corrected chi connectivity index (χ1v) is 8.01. The highest BCUT2D eigenvalue weighted by Gasteiger charge is 2.20. The number of alkyl halides is 1. The van der Waals surface area contributed by atoms with Crippen LogP contribution in [0, 0.1) is 24.2 Å². The number of para-hydroxylation sites is 1. The quantitative estimate of drug-likeness (QED) is 0.775. The topological polar surface area (TPSA) is 44.9 Å². The maximum atomic E-state index is 9.04. The number of hydrogen-bond donors (Lipinski definition) is 0. The third-order valence-corrected chi connectivity index (χ3v) is 3.98. The first kappa shape index (κ1) is 15.6. The van der Waals surface area contributed by atoms with E-state index in [1.54, 1.807) is 0 Å². The number of aromatic nitrogens is 2. The molecule has 0 radical (unpaired) electrons. The summed E-state index contributed by atoms with van der Waals surface area (Å²) < 4.78 is 1.95. The molecule has 2 rings (SSSR count). The molecular weight excluding hydrogens is 328 g/mol. The number of rotatable bonds is 5. The number of aryl methyl sites for hydroxylation is 1. The van der Waals surface area contributed by atoms with Gasteiger partial charge in [-0.3, -0.25) is 0 Å². The van der Waals surface area contributed by atoms with Crippen LogP contribution in [0.3, 0.4) is 0 Å². The molecule has 0 fully saturated rings. The molecule has 1 atom stereocenters. The van der Waals surface area contributed by atoms with Crippen LogP contribution in [-0.2, 0) is 5.33 Å². The summed E-state index contributed by atoms with van der Waals surface area (Å²) in [5, 5.41) is 14.5. The summed E-state index contributed by atoms with van der Waals surface area (Å²) in [6, 6.07) is 12.4. The molecule has 1 heterocycles. The first-order valence-electron chi connectivity index (χ1n) is 6.89. The normalized spacial score (nSPS) is 12.0. The van der Waals surface area contributed by atoms with Gasteiger partial charge in [0, 0.05) is 24.5 Å². The van der Waals surface area contributed by atoms with E-state index in [1.165, 1.54) is 0 Å². The monoisotopic (exact) mass is 346 g/mol. The van der Waals surface area contributed by atoms with Crippen molar-refractivity contribution in [3.05, 3.63) is 41.6 Å².